The number of carbonyl (C=O) groups excluding carboxylic acids is 1. The summed E-state index contributed by atoms with van der Waals surface area (Å²) in [6.45, 7) is 0.494. The molecule has 7 heteroatoms. The highest BCUT2D eigenvalue weighted by Gasteiger charge is 2.50. The maximum Gasteiger partial charge on any atom is 0.293 e. The number of benzene rings is 1. The smallest absolute Gasteiger partial charge is 0.293 e. The number of hydrogen-bond donors (Lipinski definition) is 1. The molecular weight excluding hydrogens is 354 g/mol. The molecule has 7 nitrogen and oxygen atoms in total. The Bertz CT molecular complexity index is 971. The molecule has 0 bridgehead atoms. The fraction of sp³-hybridized carbons (Fsp3) is 0.429. The number of carbonyl (C=O) groups is 1. The Kier molecular flexibility index (Phi) is 4.12. The number of hydrogen-bond acceptors (Lipinski definition) is 5. The maximum absolute atomic E-state index is 13.2. The summed E-state index contributed by atoms with van der Waals surface area (Å²) in [5.41, 5.74) is 0.0610. The average Bonchev–Trinajstić information content (AvgIpc) is 3.19. The first-order valence-corrected chi connectivity index (χ1v) is 9.93. The third kappa shape index (κ3) is 2.69. The summed E-state index contributed by atoms with van der Waals surface area (Å²) < 4.78 is 1.52. The summed E-state index contributed by atoms with van der Waals surface area (Å²) in [5.74, 6) is 0.450. The first-order valence-electron chi connectivity index (χ1n) is 9.93. The van der Waals surface area contributed by atoms with Crippen LogP contribution in [0.25, 0.3) is 5.78 Å². The minimum absolute atomic E-state index is 0.000206. The molecule has 0 unspecified atom stereocenters. The van der Waals surface area contributed by atoms with Gasteiger partial charge in [0.15, 0.2) is 0 Å². The van der Waals surface area contributed by atoms with Gasteiger partial charge in [-0.15, -0.1) is 5.10 Å². The normalized spacial score (nSPS) is 27.5. The van der Waals surface area contributed by atoms with Gasteiger partial charge in [0.05, 0.1) is 5.60 Å². The topological polar surface area (TPSA) is 83.6 Å². The third-order valence-electron chi connectivity index (χ3n) is 6.32. The van der Waals surface area contributed by atoms with Gasteiger partial charge < -0.3 is 10.0 Å². The predicted molar refractivity (Wildman–Crippen MR) is 103 cm³/mol. The molecule has 1 aliphatic heterocycles. The standard InChI is InChI=1S/C21H23N5O2/c27-19(18-23-20-22-12-6-13-26(20)24-18)25-14-11-21(28,15-7-2-1-3-8-15)16-9-4-5-10-17(16)25/h1-3,6-8,12-13,16-17,28H,4-5,9-11,14H2/t16-,17+,21-/m0/s1. The maximum atomic E-state index is 13.2. The minimum Gasteiger partial charge on any atom is -0.385 e. The SMILES string of the molecule is O=C(c1nc2ncccn2n1)N1CC[C@](O)(c2ccccc2)[C@H]2CCCC[C@H]21. The molecule has 0 radical (unpaired) electrons. The van der Waals surface area contributed by atoms with Gasteiger partial charge in [0.25, 0.3) is 11.7 Å². The summed E-state index contributed by atoms with van der Waals surface area (Å²) in [4.78, 5) is 23.6. The van der Waals surface area contributed by atoms with E-state index in [1.54, 1.807) is 18.5 Å². The quantitative estimate of drug-likeness (QED) is 0.741. The lowest BCUT2D eigenvalue weighted by Crippen LogP contribution is -2.59. The zero-order valence-corrected chi connectivity index (χ0v) is 15.6. The second kappa shape index (κ2) is 6.67. The second-order valence-corrected chi connectivity index (χ2v) is 7.80. The number of rotatable bonds is 2. The highest BCUT2D eigenvalue weighted by Crippen LogP contribution is 2.47. The molecule has 1 saturated heterocycles. The van der Waals surface area contributed by atoms with Gasteiger partial charge in [0.1, 0.15) is 0 Å². The van der Waals surface area contributed by atoms with Crippen LogP contribution in [0.4, 0.5) is 0 Å². The second-order valence-electron chi connectivity index (χ2n) is 7.80. The molecule has 2 aliphatic rings. The van der Waals surface area contributed by atoms with Crippen molar-refractivity contribution in [3.05, 3.63) is 60.2 Å². The zero-order chi connectivity index (χ0) is 19.1. The monoisotopic (exact) mass is 377 g/mol. The van der Waals surface area contributed by atoms with Crippen LogP contribution in [0, 0.1) is 5.92 Å². The first-order chi connectivity index (χ1) is 13.7. The van der Waals surface area contributed by atoms with Crippen molar-refractivity contribution in [3.63, 3.8) is 0 Å². The molecule has 3 aromatic rings. The largest absolute Gasteiger partial charge is 0.385 e. The highest BCUT2D eigenvalue weighted by molar-refractivity contribution is 5.91. The fourth-order valence-corrected chi connectivity index (χ4v) is 4.97. The molecule has 1 aromatic carbocycles. The van der Waals surface area contributed by atoms with E-state index < -0.39 is 5.60 Å². The number of aliphatic hydroxyl groups is 1. The van der Waals surface area contributed by atoms with Crippen molar-refractivity contribution >= 4 is 11.7 Å². The number of nitrogens with zero attached hydrogens (tertiary/aromatic N) is 5. The van der Waals surface area contributed by atoms with Crippen LogP contribution in [0.2, 0.25) is 0 Å². The zero-order valence-electron chi connectivity index (χ0n) is 15.6. The molecule has 28 heavy (non-hydrogen) atoms. The molecule has 2 aromatic heterocycles. The summed E-state index contributed by atoms with van der Waals surface area (Å²) in [5, 5.41) is 15.9. The van der Waals surface area contributed by atoms with E-state index >= 15 is 0 Å². The van der Waals surface area contributed by atoms with E-state index in [0.717, 1.165) is 31.2 Å². The lowest BCUT2D eigenvalue weighted by atomic mass is 9.66. The van der Waals surface area contributed by atoms with Crippen molar-refractivity contribution in [2.24, 2.45) is 5.92 Å². The molecule has 1 saturated carbocycles. The van der Waals surface area contributed by atoms with E-state index in [1.807, 2.05) is 35.2 Å². The van der Waals surface area contributed by atoms with E-state index in [0.29, 0.717) is 18.7 Å². The van der Waals surface area contributed by atoms with E-state index in [1.165, 1.54) is 4.52 Å². The van der Waals surface area contributed by atoms with Crippen molar-refractivity contribution in [3.8, 4) is 0 Å². The van der Waals surface area contributed by atoms with Crippen molar-refractivity contribution in [1.82, 2.24) is 24.5 Å². The van der Waals surface area contributed by atoms with Crippen LogP contribution in [0.3, 0.4) is 0 Å². The van der Waals surface area contributed by atoms with E-state index in [-0.39, 0.29) is 23.7 Å². The van der Waals surface area contributed by atoms with Crippen molar-refractivity contribution < 1.29 is 9.90 Å². The van der Waals surface area contributed by atoms with Crippen LogP contribution in [0.1, 0.15) is 48.3 Å². The third-order valence-corrected chi connectivity index (χ3v) is 6.32. The van der Waals surface area contributed by atoms with Gasteiger partial charge in [-0.3, -0.25) is 4.79 Å². The van der Waals surface area contributed by atoms with E-state index in [2.05, 4.69) is 15.1 Å². The lowest BCUT2D eigenvalue weighted by molar-refractivity contribution is -0.110. The number of amides is 1. The Labute approximate surface area is 163 Å². The predicted octanol–water partition coefficient (Wildman–Crippen LogP) is 2.42. The Morgan fingerprint density at radius 2 is 1.96 bits per heavy atom. The van der Waals surface area contributed by atoms with E-state index in [4.69, 9.17) is 0 Å². The highest BCUT2D eigenvalue weighted by atomic mass is 16.3. The number of piperidine rings is 1. The minimum atomic E-state index is -0.892. The van der Waals surface area contributed by atoms with Gasteiger partial charge in [-0.05, 0) is 30.9 Å². The molecule has 2 fully saturated rings. The molecule has 3 atom stereocenters. The molecule has 1 amide bonds. The lowest BCUT2D eigenvalue weighted by Gasteiger charge is -2.52. The molecule has 3 heterocycles. The van der Waals surface area contributed by atoms with Crippen LogP contribution in [-0.2, 0) is 5.60 Å². The van der Waals surface area contributed by atoms with Crippen LogP contribution in [-0.4, -0.2) is 48.1 Å². The molecular formula is C21H23N5O2. The van der Waals surface area contributed by atoms with Crippen LogP contribution in [0.15, 0.2) is 48.8 Å². The Morgan fingerprint density at radius 1 is 1.14 bits per heavy atom. The fourth-order valence-electron chi connectivity index (χ4n) is 4.97. The van der Waals surface area contributed by atoms with Crippen LogP contribution >= 0.6 is 0 Å². The molecule has 144 valence electrons. The van der Waals surface area contributed by atoms with Gasteiger partial charge >= 0.3 is 0 Å². The number of likely N-dealkylation sites (tertiary alicyclic amines) is 1. The molecule has 1 N–H and O–H groups in total. The average molecular weight is 377 g/mol. The van der Waals surface area contributed by atoms with Gasteiger partial charge in [0, 0.05) is 30.9 Å². The first kappa shape index (κ1) is 17.3. The summed E-state index contributed by atoms with van der Waals surface area (Å²) in [6.07, 6.45) is 7.85. The number of fused-ring (bicyclic) bond motifs is 2. The molecule has 1 aliphatic carbocycles. The van der Waals surface area contributed by atoms with Crippen molar-refractivity contribution in [2.75, 3.05) is 6.54 Å². The Hall–Kier alpha value is -2.80. The van der Waals surface area contributed by atoms with Gasteiger partial charge in [-0.2, -0.15) is 4.98 Å². The van der Waals surface area contributed by atoms with Gasteiger partial charge in [-0.1, -0.05) is 43.2 Å². The summed E-state index contributed by atoms with van der Waals surface area (Å²) in [7, 11) is 0. The van der Waals surface area contributed by atoms with Crippen molar-refractivity contribution in [1.29, 1.82) is 0 Å². The number of aromatic nitrogens is 4. The molecule has 0 spiro atoms. The van der Waals surface area contributed by atoms with Crippen LogP contribution in [0.5, 0.6) is 0 Å². The molecule has 5 rings (SSSR count). The van der Waals surface area contributed by atoms with Crippen LogP contribution < -0.4 is 0 Å². The Balaban J connectivity index is 1.48. The van der Waals surface area contributed by atoms with E-state index in [9.17, 15) is 9.90 Å². The van der Waals surface area contributed by atoms with Gasteiger partial charge in [0.2, 0.25) is 5.82 Å². The summed E-state index contributed by atoms with van der Waals surface area (Å²) >= 11 is 0. The van der Waals surface area contributed by atoms with Gasteiger partial charge in [-0.25, -0.2) is 9.50 Å². The summed E-state index contributed by atoms with van der Waals surface area (Å²) in [6, 6.07) is 11.7. The van der Waals surface area contributed by atoms with Crippen molar-refractivity contribution in [2.45, 2.75) is 43.7 Å². The Morgan fingerprint density at radius 3 is 2.79 bits per heavy atom.